The van der Waals surface area contributed by atoms with Gasteiger partial charge in [0.25, 0.3) is 0 Å². The second kappa shape index (κ2) is 3.49. The number of hydrogen-bond donors (Lipinski definition) is 1. The number of aliphatic hydroxyl groups excluding tert-OH is 1. The zero-order chi connectivity index (χ0) is 8.27. The van der Waals surface area contributed by atoms with Crippen molar-refractivity contribution < 1.29 is 9.50 Å². The fraction of sp³-hybridized carbons (Fsp3) is 0.333. The first kappa shape index (κ1) is 8.21. The van der Waals surface area contributed by atoms with E-state index < -0.39 is 0 Å². The minimum Gasteiger partial charge on any atom is -0.392 e. The summed E-state index contributed by atoms with van der Waals surface area (Å²) in [4.78, 5) is 0. The van der Waals surface area contributed by atoms with E-state index in [1.165, 1.54) is 6.07 Å². The van der Waals surface area contributed by atoms with Gasteiger partial charge < -0.3 is 5.11 Å². The molecule has 0 fully saturated rings. The summed E-state index contributed by atoms with van der Waals surface area (Å²) in [6, 6.07) is 4.76. The van der Waals surface area contributed by atoms with Gasteiger partial charge in [0.1, 0.15) is 5.82 Å². The standard InChI is InChI=1S/C9H11FO/c1-2-8-7(6-11)4-3-5-9(8)10/h3-5,11H,2,6H2,1H3. The van der Waals surface area contributed by atoms with Gasteiger partial charge >= 0.3 is 0 Å². The lowest BCUT2D eigenvalue weighted by molar-refractivity contribution is 0.280. The van der Waals surface area contributed by atoms with Gasteiger partial charge in [-0.25, -0.2) is 4.39 Å². The first-order valence-corrected chi connectivity index (χ1v) is 3.66. The Kier molecular flexibility index (Phi) is 2.60. The van der Waals surface area contributed by atoms with Gasteiger partial charge in [-0.15, -0.1) is 0 Å². The van der Waals surface area contributed by atoms with Crippen LogP contribution in [0.3, 0.4) is 0 Å². The topological polar surface area (TPSA) is 20.2 Å². The molecule has 0 radical (unpaired) electrons. The van der Waals surface area contributed by atoms with Gasteiger partial charge in [-0.05, 0) is 23.6 Å². The van der Waals surface area contributed by atoms with Gasteiger partial charge in [0.15, 0.2) is 0 Å². The Balaban J connectivity index is 3.13. The molecule has 1 nitrogen and oxygen atoms in total. The van der Waals surface area contributed by atoms with E-state index in [-0.39, 0.29) is 12.4 Å². The predicted octanol–water partition coefficient (Wildman–Crippen LogP) is 1.88. The third-order valence-corrected chi connectivity index (χ3v) is 1.74. The minimum atomic E-state index is -0.223. The highest BCUT2D eigenvalue weighted by atomic mass is 19.1. The second-order valence-electron chi connectivity index (χ2n) is 2.39. The number of benzene rings is 1. The van der Waals surface area contributed by atoms with Crippen LogP contribution in [0.15, 0.2) is 18.2 Å². The fourth-order valence-electron chi connectivity index (χ4n) is 1.15. The Hall–Kier alpha value is -0.890. The predicted molar refractivity (Wildman–Crippen MR) is 41.7 cm³/mol. The molecule has 60 valence electrons. The Morgan fingerprint density at radius 3 is 2.64 bits per heavy atom. The molecular formula is C9H11FO. The first-order valence-electron chi connectivity index (χ1n) is 3.66. The van der Waals surface area contributed by atoms with Gasteiger partial charge in [-0.1, -0.05) is 19.1 Å². The summed E-state index contributed by atoms with van der Waals surface area (Å²) < 4.78 is 12.9. The Morgan fingerprint density at radius 2 is 2.18 bits per heavy atom. The van der Waals surface area contributed by atoms with Crippen LogP contribution in [0.2, 0.25) is 0 Å². The lowest BCUT2D eigenvalue weighted by Crippen LogP contribution is -1.95. The van der Waals surface area contributed by atoms with Crippen LogP contribution in [0.5, 0.6) is 0 Å². The third-order valence-electron chi connectivity index (χ3n) is 1.74. The van der Waals surface area contributed by atoms with E-state index in [1.807, 2.05) is 6.92 Å². The number of halogens is 1. The van der Waals surface area contributed by atoms with Crippen molar-refractivity contribution in [2.75, 3.05) is 0 Å². The van der Waals surface area contributed by atoms with Crippen molar-refractivity contribution in [1.82, 2.24) is 0 Å². The summed E-state index contributed by atoms with van der Waals surface area (Å²) in [5.74, 6) is -0.223. The Bertz CT molecular complexity index is 245. The third kappa shape index (κ3) is 1.57. The van der Waals surface area contributed by atoms with E-state index in [1.54, 1.807) is 12.1 Å². The molecule has 0 amide bonds. The largest absolute Gasteiger partial charge is 0.392 e. The van der Waals surface area contributed by atoms with Gasteiger partial charge in [0, 0.05) is 0 Å². The molecule has 0 heterocycles. The minimum absolute atomic E-state index is 0.0824. The van der Waals surface area contributed by atoms with Crippen molar-refractivity contribution >= 4 is 0 Å². The molecule has 0 saturated carbocycles. The lowest BCUT2D eigenvalue weighted by atomic mass is 10.1. The fourth-order valence-corrected chi connectivity index (χ4v) is 1.15. The molecule has 0 aliphatic carbocycles. The smallest absolute Gasteiger partial charge is 0.126 e. The number of aliphatic hydroxyl groups is 1. The SMILES string of the molecule is CCc1c(F)cccc1CO. The van der Waals surface area contributed by atoms with Crippen LogP contribution in [0.25, 0.3) is 0 Å². The van der Waals surface area contributed by atoms with Gasteiger partial charge in [-0.3, -0.25) is 0 Å². The molecule has 0 spiro atoms. The average molecular weight is 154 g/mol. The molecular weight excluding hydrogens is 143 g/mol. The van der Waals surface area contributed by atoms with Crippen molar-refractivity contribution in [3.63, 3.8) is 0 Å². The maximum Gasteiger partial charge on any atom is 0.126 e. The molecule has 11 heavy (non-hydrogen) atoms. The maximum absolute atomic E-state index is 12.9. The summed E-state index contributed by atoms with van der Waals surface area (Å²) in [6.45, 7) is 1.79. The monoisotopic (exact) mass is 154 g/mol. The number of rotatable bonds is 2. The van der Waals surface area contributed by atoms with Crippen LogP contribution >= 0.6 is 0 Å². The molecule has 0 unspecified atom stereocenters. The molecule has 0 aliphatic heterocycles. The highest BCUT2D eigenvalue weighted by molar-refractivity contribution is 5.27. The molecule has 0 atom stereocenters. The van der Waals surface area contributed by atoms with Crippen molar-refractivity contribution in [1.29, 1.82) is 0 Å². The van der Waals surface area contributed by atoms with E-state index >= 15 is 0 Å². The molecule has 1 aromatic carbocycles. The lowest BCUT2D eigenvalue weighted by Gasteiger charge is -2.04. The molecule has 0 aliphatic rings. The van der Waals surface area contributed by atoms with Crippen molar-refractivity contribution in [2.24, 2.45) is 0 Å². The van der Waals surface area contributed by atoms with Crippen LogP contribution in [-0.4, -0.2) is 5.11 Å². The van der Waals surface area contributed by atoms with E-state index in [0.717, 1.165) is 0 Å². The van der Waals surface area contributed by atoms with Crippen molar-refractivity contribution in [2.45, 2.75) is 20.0 Å². The second-order valence-corrected chi connectivity index (χ2v) is 2.39. The van der Waals surface area contributed by atoms with Crippen LogP contribution < -0.4 is 0 Å². The zero-order valence-electron chi connectivity index (χ0n) is 6.47. The van der Waals surface area contributed by atoms with E-state index in [0.29, 0.717) is 17.5 Å². The summed E-state index contributed by atoms with van der Waals surface area (Å²) in [5, 5.41) is 8.81. The molecule has 1 rings (SSSR count). The normalized spacial score (nSPS) is 10.1. The number of hydrogen-bond acceptors (Lipinski definition) is 1. The quantitative estimate of drug-likeness (QED) is 0.689. The molecule has 1 N–H and O–H groups in total. The molecule has 0 bridgehead atoms. The molecule has 1 aromatic rings. The van der Waals surface area contributed by atoms with Crippen LogP contribution in [-0.2, 0) is 13.0 Å². The average Bonchev–Trinajstić information content (AvgIpc) is 2.04. The van der Waals surface area contributed by atoms with Crippen LogP contribution in [0, 0.1) is 5.82 Å². The summed E-state index contributed by atoms with van der Waals surface area (Å²) >= 11 is 0. The zero-order valence-corrected chi connectivity index (χ0v) is 6.47. The first-order chi connectivity index (χ1) is 5.29. The molecule has 0 saturated heterocycles. The summed E-state index contributed by atoms with van der Waals surface area (Å²) in [7, 11) is 0. The maximum atomic E-state index is 12.9. The summed E-state index contributed by atoms with van der Waals surface area (Å²) in [5.41, 5.74) is 1.31. The summed E-state index contributed by atoms with van der Waals surface area (Å²) in [6.07, 6.45) is 0.628. The Morgan fingerprint density at radius 1 is 1.45 bits per heavy atom. The van der Waals surface area contributed by atoms with Gasteiger partial charge in [-0.2, -0.15) is 0 Å². The van der Waals surface area contributed by atoms with Crippen LogP contribution in [0.1, 0.15) is 18.1 Å². The van der Waals surface area contributed by atoms with Crippen LogP contribution in [0.4, 0.5) is 4.39 Å². The Labute approximate surface area is 65.5 Å². The van der Waals surface area contributed by atoms with Gasteiger partial charge in [0.2, 0.25) is 0 Å². The highest BCUT2D eigenvalue weighted by Crippen LogP contribution is 2.13. The van der Waals surface area contributed by atoms with E-state index in [9.17, 15) is 4.39 Å². The van der Waals surface area contributed by atoms with E-state index in [4.69, 9.17) is 5.11 Å². The van der Waals surface area contributed by atoms with Gasteiger partial charge in [0.05, 0.1) is 6.61 Å². The van der Waals surface area contributed by atoms with Crippen molar-refractivity contribution in [3.8, 4) is 0 Å². The molecule has 2 heteroatoms. The molecule has 0 aromatic heterocycles. The van der Waals surface area contributed by atoms with E-state index in [2.05, 4.69) is 0 Å². The van der Waals surface area contributed by atoms with Crippen molar-refractivity contribution in [3.05, 3.63) is 35.1 Å². The highest BCUT2D eigenvalue weighted by Gasteiger charge is 2.03.